The van der Waals surface area contributed by atoms with E-state index in [-0.39, 0.29) is 18.1 Å². The van der Waals surface area contributed by atoms with Gasteiger partial charge < -0.3 is 16.0 Å². The Bertz CT molecular complexity index is 715. The number of nitrogens with zero attached hydrogens (tertiary/aromatic N) is 2. The highest BCUT2D eigenvalue weighted by Gasteiger charge is 2.33. The lowest BCUT2D eigenvalue weighted by Crippen LogP contribution is -2.50. The third-order valence-electron chi connectivity index (χ3n) is 3.33. The zero-order valence-corrected chi connectivity index (χ0v) is 13.2. The minimum atomic E-state index is -4.59. The van der Waals surface area contributed by atoms with Crippen LogP contribution in [0.5, 0.6) is 0 Å². The van der Waals surface area contributed by atoms with Crippen molar-refractivity contribution in [1.29, 1.82) is 0 Å². The fraction of sp³-hybridized carbons (Fsp3) is 0.429. The Kier molecular flexibility index (Phi) is 4.76. The van der Waals surface area contributed by atoms with Crippen molar-refractivity contribution in [3.8, 4) is 0 Å². The lowest BCUT2D eigenvalue weighted by atomic mass is 10.0. The number of aryl methyl sites for hydroxylation is 1. The first kappa shape index (κ1) is 17.7. The van der Waals surface area contributed by atoms with Gasteiger partial charge in [-0.05, 0) is 26.8 Å². The van der Waals surface area contributed by atoms with E-state index in [1.807, 2.05) is 0 Å². The molecule has 24 heavy (non-hydrogen) atoms. The van der Waals surface area contributed by atoms with Gasteiger partial charge in [0.25, 0.3) is 5.91 Å². The number of hydrogen-bond acceptors (Lipinski definition) is 4. The average Bonchev–Trinajstić information content (AvgIpc) is 2.42. The second kappa shape index (κ2) is 6.46. The number of allylic oxidation sites excluding steroid dienone is 1. The Labute approximate surface area is 135 Å². The summed E-state index contributed by atoms with van der Waals surface area (Å²) in [4.78, 5) is 30.8. The first-order valence-corrected chi connectivity index (χ1v) is 7.06. The monoisotopic (exact) mass is 343 g/mol. The highest BCUT2D eigenvalue weighted by Crippen LogP contribution is 2.27. The highest BCUT2D eigenvalue weighted by atomic mass is 19.4. The normalized spacial score (nSPS) is 18.1. The van der Waals surface area contributed by atoms with Crippen molar-refractivity contribution < 1.29 is 22.8 Å². The lowest BCUT2D eigenvalue weighted by Gasteiger charge is -2.25. The Balaban J connectivity index is 2.14. The number of carbonyl (C=O) groups excluding carboxylic acids is 2. The Morgan fingerprint density at radius 1 is 1.33 bits per heavy atom. The van der Waals surface area contributed by atoms with Crippen molar-refractivity contribution in [2.24, 2.45) is 0 Å². The molecule has 0 spiro atoms. The molecule has 130 valence electrons. The summed E-state index contributed by atoms with van der Waals surface area (Å²) in [6.07, 6.45) is -4.59. The van der Waals surface area contributed by atoms with E-state index >= 15 is 0 Å². The number of aromatic nitrogens is 2. The molecular weight excluding hydrogens is 327 g/mol. The van der Waals surface area contributed by atoms with Crippen LogP contribution < -0.4 is 16.0 Å². The SMILES string of the molecule is CC1=C(C(=O)NCc2nc(C)cc(C(F)(F)F)n2)[C@@H](C)NC(=O)N1. The quantitative estimate of drug-likeness (QED) is 0.773. The first-order chi connectivity index (χ1) is 11.1. The molecule has 1 aromatic rings. The minimum Gasteiger partial charge on any atom is -0.345 e. The van der Waals surface area contributed by atoms with Gasteiger partial charge in [-0.15, -0.1) is 0 Å². The molecule has 0 fully saturated rings. The maximum absolute atomic E-state index is 12.7. The summed E-state index contributed by atoms with van der Waals surface area (Å²) in [6.45, 7) is 4.34. The molecule has 7 nitrogen and oxygen atoms in total. The van der Waals surface area contributed by atoms with Crippen LogP contribution in [0.15, 0.2) is 17.3 Å². The zero-order valence-electron chi connectivity index (χ0n) is 13.2. The Morgan fingerprint density at radius 2 is 2.00 bits per heavy atom. The molecule has 2 heterocycles. The third kappa shape index (κ3) is 4.00. The van der Waals surface area contributed by atoms with Crippen LogP contribution in [0.4, 0.5) is 18.0 Å². The lowest BCUT2D eigenvalue weighted by molar-refractivity contribution is -0.141. The van der Waals surface area contributed by atoms with Crippen molar-refractivity contribution in [2.75, 3.05) is 0 Å². The van der Waals surface area contributed by atoms with Crippen LogP contribution in [-0.2, 0) is 17.5 Å². The molecule has 1 aliphatic heterocycles. The molecule has 10 heteroatoms. The minimum absolute atomic E-state index is 0.144. The van der Waals surface area contributed by atoms with Gasteiger partial charge in [0.05, 0.1) is 18.2 Å². The predicted octanol–water partition coefficient (Wildman–Crippen LogP) is 1.40. The van der Waals surface area contributed by atoms with E-state index in [2.05, 4.69) is 25.9 Å². The fourth-order valence-electron chi connectivity index (χ4n) is 2.34. The molecule has 0 unspecified atom stereocenters. The number of hydrogen-bond donors (Lipinski definition) is 3. The number of halogens is 3. The van der Waals surface area contributed by atoms with Crippen LogP contribution in [0.1, 0.15) is 31.1 Å². The maximum atomic E-state index is 12.7. The molecular formula is C14H16F3N5O2. The molecule has 3 N–H and O–H groups in total. The average molecular weight is 343 g/mol. The third-order valence-corrected chi connectivity index (χ3v) is 3.33. The van der Waals surface area contributed by atoms with Crippen molar-refractivity contribution >= 4 is 11.9 Å². The molecule has 3 amide bonds. The van der Waals surface area contributed by atoms with Crippen LogP contribution in [0, 0.1) is 6.92 Å². The van der Waals surface area contributed by atoms with Crippen LogP contribution in [-0.4, -0.2) is 27.9 Å². The van der Waals surface area contributed by atoms with E-state index in [0.29, 0.717) is 11.3 Å². The summed E-state index contributed by atoms with van der Waals surface area (Å²) in [7, 11) is 0. The fourth-order valence-corrected chi connectivity index (χ4v) is 2.34. The summed E-state index contributed by atoms with van der Waals surface area (Å²) >= 11 is 0. The van der Waals surface area contributed by atoms with Crippen molar-refractivity contribution in [2.45, 2.75) is 39.5 Å². The molecule has 1 aliphatic rings. The number of carbonyl (C=O) groups is 2. The van der Waals surface area contributed by atoms with Crippen LogP contribution in [0.3, 0.4) is 0 Å². The largest absolute Gasteiger partial charge is 0.433 e. The van der Waals surface area contributed by atoms with Gasteiger partial charge in [0.15, 0.2) is 0 Å². The first-order valence-electron chi connectivity index (χ1n) is 7.06. The zero-order chi connectivity index (χ0) is 18.1. The maximum Gasteiger partial charge on any atom is 0.433 e. The smallest absolute Gasteiger partial charge is 0.345 e. The summed E-state index contributed by atoms with van der Waals surface area (Å²) in [5.74, 6) is -0.666. The standard InChI is InChI=1S/C14H16F3N5O2/c1-6-4-9(14(15,16)17)22-10(19-6)5-18-12(23)11-7(2)20-13(24)21-8(11)3/h4,7H,5H2,1-3H3,(H,18,23)(H2,20,21,24)/t7-/m1/s1. The number of rotatable bonds is 3. The molecule has 0 saturated carbocycles. The van der Waals surface area contributed by atoms with E-state index in [1.54, 1.807) is 13.8 Å². The second-order valence-electron chi connectivity index (χ2n) is 5.35. The molecule has 0 aromatic carbocycles. The van der Waals surface area contributed by atoms with E-state index < -0.39 is 29.9 Å². The van der Waals surface area contributed by atoms with Gasteiger partial charge in [0, 0.05) is 11.4 Å². The van der Waals surface area contributed by atoms with Crippen LogP contribution in [0.2, 0.25) is 0 Å². The summed E-state index contributed by atoms with van der Waals surface area (Å²) in [5, 5.41) is 7.46. The molecule has 2 rings (SSSR count). The molecule has 0 aliphatic carbocycles. The van der Waals surface area contributed by atoms with E-state index in [9.17, 15) is 22.8 Å². The van der Waals surface area contributed by atoms with Gasteiger partial charge in [-0.1, -0.05) is 0 Å². The molecule has 0 radical (unpaired) electrons. The molecule has 0 bridgehead atoms. The molecule has 1 aromatic heterocycles. The van der Waals surface area contributed by atoms with E-state index in [1.165, 1.54) is 6.92 Å². The topological polar surface area (TPSA) is 96.0 Å². The highest BCUT2D eigenvalue weighted by molar-refractivity contribution is 5.98. The molecule has 0 saturated heterocycles. The number of amides is 3. The second-order valence-corrected chi connectivity index (χ2v) is 5.35. The Morgan fingerprint density at radius 3 is 2.58 bits per heavy atom. The van der Waals surface area contributed by atoms with Crippen molar-refractivity contribution in [3.05, 3.63) is 34.5 Å². The van der Waals surface area contributed by atoms with Gasteiger partial charge in [0.2, 0.25) is 0 Å². The summed E-state index contributed by atoms with van der Waals surface area (Å²) in [5.41, 5.74) is -0.241. The van der Waals surface area contributed by atoms with Gasteiger partial charge in [0.1, 0.15) is 11.5 Å². The van der Waals surface area contributed by atoms with Crippen LogP contribution in [0.25, 0.3) is 0 Å². The number of alkyl halides is 3. The summed E-state index contributed by atoms with van der Waals surface area (Å²) in [6, 6.07) is -0.114. The van der Waals surface area contributed by atoms with Crippen molar-refractivity contribution in [3.63, 3.8) is 0 Å². The van der Waals surface area contributed by atoms with Crippen molar-refractivity contribution in [1.82, 2.24) is 25.9 Å². The Hall–Kier alpha value is -2.65. The predicted molar refractivity (Wildman–Crippen MR) is 77.4 cm³/mol. The van der Waals surface area contributed by atoms with Gasteiger partial charge in [-0.3, -0.25) is 4.79 Å². The van der Waals surface area contributed by atoms with E-state index in [0.717, 1.165) is 6.07 Å². The van der Waals surface area contributed by atoms with Gasteiger partial charge >= 0.3 is 12.2 Å². The molecule has 1 atom stereocenters. The van der Waals surface area contributed by atoms with E-state index in [4.69, 9.17) is 0 Å². The van der Waals surface area contributed by atoms with Gasteiger partial charge in [-0.2, -0.15) is 13.2 Å². The van der Waals surface area contributed by atoms with Crippen LogP contribution >= 0.6 is 0 Å². The number of urea groups is 1. The summed E-state index contributed by atoms with van der Waals surface area (Å²) < 4.78 is 38.2. The van der Waals surface area contributed by atoms with Gasteiger partial charge in [-0.25, -0.2) is 14.8 Å². The number of nitrogens with one attached hydrogen (secondary N) is 3.